The number of nitrogen functional groups attached to an aromatic ring is 1. The van der Waals surface area contributed by atoms with Crippen LogP contribution in [0.1, 0.15) is 12.8 Å². The number of benzene rings is 2. The SMILES string of the molecule is CNc1nc(N)nc2cccc(-c3cc(F)cc(F)c3N3CCCC3)c12. The average molecular weight is 355 g/mol. The van der Waals surface area contributed by atoms with E-state index in [9.17, 15) is 8.78 Å². The van der Waals surface area contributed by atoms with E-state index in [2.05, 4.69) is 15.3 Å². The molecule has 134 valence electrons. The Morgan fingerprint density at radius 1 is 1.08 bits per heavy atom. The molecule has 1 aliphatic rings. The van der Waals surface area contributed by atoms with Crippen molar-refractivity contribution in [2.24, 2.45) is 0 Å². The molecule has 4 rings (SSSR count). The lowest BCUT2D eigenvalue weighted by Gasteiger charge is -2.23. The van der Waals surface area contributed by atoms with E-state index in [-0.39, 0.29) is 5.95 Å². The summed E-state index contributed by atoms with van der Waals surface area (Å²) in [5.74, 6) is -0.495. The molecule has 2 aromatic carbocycles. The lowest BCUT2D eigenvalue weighted by atomic mass is 9.98. The number of rotatable bonds is 3. The third-order valence-electron chi connectivity index (χ3n) is 4.72. The first-order valence-electron chi connectivity index (χ1n) is 8.57. The van der Waals surface area contributed by atoms with Gasteiger partial charge in [0.15, 0.2) is 0 Å². The van der Waals surface area contributed by atoms with Gasteiger partial charge in [-0.15, -0.1) is 0 Å². The molecular formula is C19H19F2N5. The van der Waals surface area contributed by atoms with Gasteiger partial charge in [0.2, 0.25) is 5.95 Å². The molecule has 0 spiro atoms. The molecule has 1 fully saturated rings. The van der Waals surface area contributed by atoms with Gasteiger partial charge in [-0.1, -0.05) is 12.1 Å². The van der Waals surface area contributed by atoms with Crippen molar-refractivity contribution in [2.45, 2.75) is 12.8 Å². The number of halogens is 2. The van der Waals surface area contributed by atoms with Crippen LogP contribution in [0.15, 0.2) is 30.3 Å². The van der Waals surface area contributed by atoms with Crippen LogP contribution in [0.5, 0.6) is 0 Å². The number of hydrogen-bond acceptors (Lipinski definition) is 5. The summed E-state index contributed by atoms with van der Waals surface area (Å²) in [6.07, 6.45) is 1.99. The number of anilines is 3. The van der Waals surface area contributed by atoms with Crippen LogP contribution < -0.4 is 16.0 Å². The molecule has 0 saturated carbocycles. The number of aromatic nitrogens is 2. The Hall–Kier alpha value is -2.96. The van der Waals surface area contributed by atoms with Crippen molar-refractivity contribution in [1.82, 2.24) is 9.97 Å². The first-order valence-corrected chi connectivity index (χ1v) is 8.57. The summed E-state index contributed by atoms with van der Waals surface area (Å²) < 4.78 is 28.8. The molecule has 0 unspecified atom stereocenters. The highest BCUT2D eigenvalue weighted by atomic mass is 19.1. The highest BCUT2D eigenvalue weighted by Crippen LogP contribution is 2.40. The molecule has 0 aliphatic carbocycles. The van der Waals surface area contributed by atoms with Gasteiger partial charge in [0.1, 0.15) is 17.5 Å². The number of hydrogen-bond donors (Lipinski definition) is 2. The van der Waals surface area contributed by atoms with Gasteiger partial charge < -0.3 is 16.0 Å². The fourth-order valence-electron chi connectivity index (χ4n) is 3.64. The molecule has 2 heterocycles. The molecule has 0 bridgehead atoms. The molecule has 1 aromatic heterocycles. The molecule has 0 atom stereocenters. The minimum absolute atomic E-state index is 0.143. The van der Waals surface area contributed by atoms with E-state index < -0.39 is 11.6 Å². The Morgan fingerprint density at radius 3 is 2.58 bits per heavy atom. The van der Waals surface area contributed by atoms with Gasteiger partial charge in [0.05, 0.1) is 16.6 Å². The number of nitrogens with one attached hydrogen (secondary N) is 1. The molecule has 1 saturated heterocycles. The lowest BCUT2D eigenvalue weighted by molar-refractivity contribution is 0.582. The first kappa shape index (κ1) is 16.5. The largest absolute Gasteiger partial charge is 0.372 e. The molecule has 3 N–H and O–H groups in total. The number of nitrogens with two attached hydrogens (primary N) is 1. The van der Waals surface area contributed by atoms with Crippen molar-refractivity contribution < 1.29 is 8.78 Å². The maximum Gasteiger partial charge on any atom is 0.222 e. The van der Waals surface area contributed by atoms with Crippen molar-refractivity contribution in [3.05, 3.63) is 42.0 Å². The Bertz CT molecular complexity index is 983. The zero-order valence-electron chi connectivity index (χ0n) is 14.4. The fourth-order valence-corrected chi connectivity index (χ4v) is 3.64. The summed E-state index contributed by atoms with van der Waals surface area (Å²) in [5.41, 5.74) is 8.00. The molecule has 0 amide bonds. The maximum atomic E-state index is 14.7. The predicted molar refractivity (Wildman–Crippen MR) is 100 cm³/mol. The van der Waals surface area contributed by atoms with Gasteiger partial charge in [0.25, 0.3) is 0 Å². The topological polar surface area (TPSA) is 67.1 Å². The van der Waals surface area contributed by atoms with Gasteiger partial charge in [-0.25, -0.2) is 13.8 Å². The average Bonchev–Trinajstić information content (AvgIpc) is 3.13. The molecule has 0 radical (unpaired) electrons. The molecule has 1 aliphatic heterocycles. The second kappa shape index (κ2) is 6.40. The van der Waals surface area contributed by atoms with E-state index in [1.807, 2.05) is 17.0 Å². The van der Waals surface area contributed by atoms with Crippen molar-refractivity contribution in [3.8, 4) is 11.1 Å². The Labute approximate surface area is 149 Å². The smallest absolute Gasteiger partial charge is 0.222 e. The Morgan fingerprint density at radius 2 is 1.85 bits per heavy atom. The Balaban J connectivity index is 2.04. The summed E-state index contributed by atoms with van der Waals surface area (Å²) in [5, 5.41) is 3.70. The van der Waals surface area contributed by atoms with Crippen molar-refractivity contribution in [3.63, 3.8) is 0 Å². The normalized spacial score (nSPS) is 14.2. The molecular weight excluding hydrogens is 336 g/mol. The van der Waals surface area contributed by atoms with E-state index in [4.69, 9.17) is 5.73 Å². The van der Waals surface area contributed by atoms with E-state index in [0.29, 0.717) is 33.5 Å². The zero-order valence-corrected chi connectivity index (χ0v) is 14.4. The van der Waals surface area contributed by atoms with Crippen molar-refractivity contribution in [2.75, 3.05) is 36.1 Å². The third kappa shape index (κ3) is 2.69. The highest BCUT2D eigenvalue weighted by molar-refractivity contribution is 6.04. The van der Waals surface area contributed by atoms with E-state index in [1.54, 1.807) is 13.1 Å². The second-order valence-electron chi connectivity index (χ2n) is 6.36. The van der Waals surface area contributed by atoms with Crippen molar-refractivity contribution >= 4 is 28.4 Å². The van der Waals surface area contributed by atoms with E-state index >= 15 is 0 Å². The summed E-state index contributed by atoms with van der Waals surface area (Å²) >= 11 is 0. The van der Waals surface area contributed by atoms with Crippen molar-refractivity contribution in [1.29, 1.82) is 0 Å². The van der Waals surface area contributed by atoms with Gasteiger partial charge in [-0.3, -0.25) is 0 Å². The van der Waals surface area contributed by atoms with Crippen LogP contribution in [0.25, 0.3) is 22.0 Å². The van der Waals surface area contributed by atoms with Crippen LogP contribution in [0.4, 0.5) is 26.2 Å². The third-order valence-corrected chi connectivity index (χ3v) is 4.72. The standard InChI is InChI=1S/C19H19F2N5/c1-23-18-16-12(5-4-6-15(16)24-19(22)25-18)13-9-11(20)10-14(21)17(13)26-7-2-3-8-26/h4-6,9-10H,2-3,7-8H2,1H3,(H3,22,23,24,25). The summed E-state index contributed by atoms with van der Waals surface area (Å²) in [6.45, 7) is 1.51. The van der Waals surface area contributed by atoms with Gasteiger partial charge in [-0.05, 0) is 30.5 Å². The molecule has 7 heteroatoms. The van der Waals surface area contributed by atoms with Gasteiger partial charge >= 0.3 is 0 Å². The monoisotopic (exact) mass is 355 g/mol. The van der Waals surface area contributed by atoms with Crippen LogP contribution in [0.2, 0.25) is 0 Å². The molecule has 26 heavy (non-hydrogen) atoms. The maximum absolute atomic E-state index is 14.7. The Kier molecular flexibility index (Phi) is 4.06. The lowest BCUT2D eigenvalue weighted by Crippen LogP contribution is -2.20. The molecule has 3 aromatic rings. The van der Waals surface area contributed by atoms with Crippen LogP contribution in [-0.2, 0) is 0 Å². The van der Waals surface area contributed by atoms with Crippen LogP contribution in [-0.4, -0.2) is 30.1 Å². The highest BCUT2D eigenvalue weighted by Gasteiger charge is 2.23. The van der Waals surface area contributed by atoms with Crippen LogP contribution in [0, 0.1) is 11.6 Å². The van der Waals surface area contributed by atoms with Gasteiger partial charge in [0, 0.05) is 31.8 Å². The van der Waals surface area contributed by atoms with Gasteiger partial charge in [-0.2, -0.15) is 4.98 Å². The quantitative estimate of drug-likeness (QED) is 0.748. The van der Waals surface area contributed by atoms with E-state index in [0.717, 1.165) is 32.0 Å². The zero-order chi connectivity index (χ0) is 18.3. The summed E-state index contributed by atoms with van der Waals surface area (Å²) in [6, 6.07) is 7.76. The van der Waals surface area contributed by atoms with E-state index in [1.165, 1.54) is 6.07 Å². The van der Waals surface area contributed by atoms with Crippen LogP contribution >= 0.6 is 0 Å². The number of nitrogens with zero attached hydrogens (tertiary/aromatic N) is 3. The molecule has 5 nitrogen and oxygen atoms in total. The number of fused-ring (bicyclic) bond motifs is 1. The predicted octanol–water partition coefficient (Wildman–Crippen LogP) is 3.80. The minimum atomic E-state index is -0.611. The minimum Gasteiger partial charge on any atom is -0.372 e. The van der Waals surface area contributed by atoms with Crippen LogP contribution in [0.3, 0.4) is 0 Å². The first-order chi connectivity index (χ1) is 12.6. The summed E-state index contributed by atoms with van der Waals surface area (Å²) in [7, 11) is 1.73. The summed E-state index contributed by atoms with van der Waals surface area (Å²) in [4.78, 5) is 10.5. The second-order valence-corrected chi connectivity index (χ2v) is 6.36. The fraction of sp³-hybridized carbons (Fsp3) is 0.263.